The number of hydrogen-bond donors (Lipinski definition) is 1. The van der Waals surface area contributed by atoms with Crippen LogP contribution in [0, 0.1) is 0 Å². The van der Waals surface area contributed by atoms with E-state index < -0.39 is 0 Å². The number of likely N-dealkylation sites (tertiary alicyclic amines) is 1. The molecule has 1 saturated heterocycles. The van der Waals surface area contributed by atoms with Crippen LogP contribution in [0.25, 0.3) is 0 Å². The normalized spacial score (nSPS) is 22.2. The molecule has 1 aliphatic heterocycles. The number of nitrogens with zero attached hydrogens (tertiary/aromatic N) is 1. The molecule has 106 valence electrons. The third-order valence-electron chi connectivity index (χ3n) is 4.48. The molecule has 0 aliphatic carbocycles. The summed E-state index contributed by atoms with van der Waals surface area (Å²) in [4.78, 5) is 2.43. The molecule has 1 atom stereocenters. The summed E-state index contributed by atoms with van der Waals surface area (Å²) in [5, 5.41) is 9.66. The molecule has 1 aromatic carbocycles. The van der Waals surface area contributed by atoms with Gasteiger partial charge < -0.3 is 10.0 Å². The van der Waals surface area contributed by atoms with Crippen molar-refractivity contribution in [2.24, 2.45) is 0 Å². The Hall–Kier alpha value is -0.860. The van der Waals surface area contributed by atoms with E-state index in [0.29, 0.717) is 5.92 Å². The Balaban J connectivity index is 2.29. The van der Waals surface area contributed by atoms with Gasteiger partial charge >= 0.3 is 0 Å². The van der Waals surface area contributed by atoms with E-state index in [-0.39, 0.29) is 12.0 Å². The molecule has 2 nitrogen and oxygen atoms in total. The Morgan fingerprint density at radius 3 is 2.68 bits per heavy atom. The third kappa shape index (κ3) is 3.37. The van der Waals surface area contributed by atoms with Crippen LogP contribution in [-0.4, -0.2) is 36.8 Å². The number of rotatable bonds is 3. The summed E-state index contributed by atoms with van der Waals surface area (Å²) in [7, 11) is 2.21. The summed E-state index contributed by atoms with van der Waals surface area (Å²) in [5.41, 5.74) is 2.64. The molecular formula is C17H27NO. The largest absolute Gasteiger partial charge is 0.395 e. The first-order valence-corrected chi connectivity index (χ1v) is 7.43. The van der Waals surface area contributed by atoms with Crippen LogP contribution in [0.3, 0.4) is 0 Å². The van der Waals surface area contributed by atoms with Gasteiger partial charge in [0.25, 0.3) is 0 Å². The summed E-state index contributed by atoms with van der Waals surface area (Å²) >= 11 is 0. The summed E-state index contributed by atoms with van der Waals surface area (Å²) in [6.07, 6.45) is 3.77. The molecule has 1 unspecified atom stereocenters. The van der Waals surface area contributed by atoms with E-state index in [4.69, 9.17) is 0 Å². The zero-order valence-electron chi connectivity index (χ0n) is 12.5. The molecule has 0 bridgehead atoms. The van der Waals surface area contributed by atoms with Crippen molar-refractivity contribution in [3.05, 3.63) is 35.4 Å². The molecule has 0 spiro atoms. The highest BCUT2D eigenvalue weighted by molar-refractivity contribution is 5.36. The molecule has 1 aromatic rings. The predicted molar refractivity (Wildman–Crippen MR) is 80.6 cm³/mol. The molecular weight excluding hydrogens is 234 g/mol. The van der Waals surface area contributed by atoms with Crippen LogP contribution in [0.2, 0.25) is 0 Å². The standard InChI is InChI=1S/C17H27NO/c1-17(2,13-19)16-9-5-4-8-15(16)14-7-6-11-18(3)12-10-14/h4-5,8-9,14,19H,6-7,10-13H2,1-3H3. The molecule has 1 heterocycles. The average Bonchev–Trinajstić information content (AvgIpc) is 2.63. The molecule has 0 amide bonds. The minimum absolute atomic E-state index is 0.144. The highest BCUT2D eigenvalue weighted by Gasteiger charge is 2.26. The Kier molecular flexibility index (Phi) is 4.64. The van der Waals surface area contributed by atoms with Crippen molar-refractivity contribution in [2.45, 2.75) is 44.4 Å². The lowest BCUT2D eigenvalue weighted by Crippen LogP contribution is -2.25. The van der Waals surface area contributed by atoms with Crippen molar-refractivity contribution in [3.63, 3.8) is 0 Å². The quantitative estimate of drug-likeness (QED) is 0.903. The van der Waals surface area contributed by atoms with Gasteiger partial charge in [-0.3, -0.25) is 0 Å². The van der Waals surface area contributed by atoms with Gasteiger partial charge in [0.1, 0.15) is 0 Å². The monoisotopic (exact) mass is 261 g/mol. The van der Waals surface area contributed by atoms with Gasteiger partial charge in [0, 0.05) is 5.41 Å². The van der Waals surface area contributed by atoms with Crippen LogP contribution in [0.1, 0.15) is 50.2 Å². The van der Waals surface area contributed by atoms with Gasteiger partial charge in [0.05, 0.1) is 6.61 Å². The fraction of sp³-hybridized carbons (Fsp3) is 0.647. The maximum atomic E-state index is 9.66. The molecule has 0 radical (unpaired) electrons. The minimum atomic E-state index is -0.144. The van der Waals surface area contributed by atoms with Gasteiger partial charge in [-0.15, -0.1) is 0 Å². The Morgan fingerprint density at radius 2 is 1.95 bits per heavy atom. The van der Waals surface area contributed by atoms with Crippen LogP contribution in [0.5, 0.6) is 0 Å². The van der Waals surface area contributed by atoms with Crippen LogP contribution >= 0.6 is 0 Å². The maximum Gasteiger partial charge on any atom is 0.0522 e. The first-order chi connectivity index (χ1) is 9.04. The Morgan fingerprint density at radius 1 is 1.21 bits per heavy atom. The number of aliphatic hydroxyl groups excluding tert-OH is 1. The molecule has 19 heavy (non-hydrogen) atoms. The molecule has 0 aromatic heterocycles. The summed E-state index contributed by atoms with van der Waals surface area (Å²) in [6, 6.07) is 8.70. The summed E-state index contributed by atoms with van der Waals surface area (Å²) in [6.45, 7) is 6.86. The van der Waals surface area contributed by atoms with E-state index in [0.717, 1.165) is 0 Å². The summed E-state index contributed by atoms with van der Waals surface area (Å²) in [5.74, 6) is 0.645. The van der Waals surface area contributed by atoms with Gasteiger partial charge in [-0.05, 0) is 56.4 Å². The first-order valence-electron chi connectivity index (χ1n) is 7.43. The van der Waals surface area contributed by atoms with E-state index in [2.05, 4.69) is 50.1 Å². The molecule has 1 fully saturated rings. The maximum absolute atomic E-state index is 9.66. The van der Waals surface area contributed by atoms with E-state index in [1.54, 1.807) is 0 Å². The predicted octanol–water partition coefficient (Wildman–Crippen LogP) is 3.16. The van der Waals surface area contributed by atoms with Crippen LogP contribution in [0.15, 0.2) is 24.3 Å². The lowest BCUT2D eigenvalue weighted by Gasteiger charge is -2.28. The molecule has 2 rings (SSSR count). The second-order valence-electron chi connectivity index (χ2n) is 6.56. The minimum Gasteiger partial charge on any atom is -0.395 e. The zero-order valence-corrected chi connectivity index (χ0v) is 12.5. The second-order valence-corrected chi connectivity index (χ2v) is 6.56. The zero-order chi connectivity index (χ0) is 13.9. The molecule has 1 N–H and O–H groups in total. The Bertz CT molecular complexity index is 413. The fourth-order valence-corrected chi connectivity index (χ4v) is 3.11. The van der Waals surface area contributed by atoms with Crippen molar-refractivity contribution >= 4 is 0 Å². The van der Waals surface area contributed by atoms with E-state index in [1.807, 2.05) is 0 Å². The first kappa shape index (κ1) is 14.5. The van der Waals surface area contributed by atoms with Gasteiger partial charge in [-0.25, -0.2) is 0 Å². The number of aliphatic hydroxyl groups is 1. The second kappa shape index (κ2) is 6.06. The van der Waals surface area contributed by atoms with Crippen LogP contribution in [0.4, 0.5) is 0 Å². The van der Waals surface area contributed by atoms with Gasteiger partial charge in [0.15, 0.2) is 0 Å². The molecule has 2 heteroatoms. The molecule has 0 saturated carbocycles. The smallest absolute Gasteiger partial charge is 0.0522 e. The van der Waals surface area contributed by atoms with Gasteiger partial charge in [-0.2, -0.15) is 0 Å². The number of hydrogen-bond acceptors (Lipinski definition) is 2. The van der Waals surface area contributed by atoms with Crippen molar-refractivity contribution in [2.75, 3.05) is 26.7 Å². The highest BCUT2D eigenvalue weighted by atomic mass is 16.3. The fourth-order valence-electron chi connectivity index (χ4n) is 3.11. The van der Waals surface area contributed by atoms with E-state index >= 15 is 0 Å². The van der Waals surface area contributed by atoms with Gasteiger partial charge in [0.2, 0.25) is 0 Å². The van der Waals surface area contributed by atoms with E-state index in [9.17, 15) is 5.11 Å². The average molecular weight is 261 g/mol. The van der Waals surface area contributed by atoms with Crippen LogP contribution in [-0.2, 0) is 5.41 Å². The lowest BCUT2D eigenvalue weighted by atomic mass is 9.77. The summed E-state index contributed by atoms with van der Waals surface area (Å²) < 4.78 is 0. The van der Waals surface area contributed by atoms with Crippen LogP contribution < -0.4 is 0 Å². The van der Waals surface area contributed by atoms with Crippen molar-refractivity contribution in [1.29, 1.82) is 0 Å². The molecule has 1 aliphatic rings. The van der Waals surface area contributed by atoms with Crippen molar-refractivity contribution in [1.82, 2.24) is 4.90 Å². The highest BCUT2D eigenvalue weighted by Crippen LogP contribution is 2.35. The van der Waals surface area contributed by atoms with Crippen molar-refractivity contribution < 1.29 is 5.11 Å². The van der Waals surface area contributed by atoms with Gasteiger partial charge in [-0.1, -0.05) is 38.1 Å². The van der Waals surface area contributed by atoms with Crippen molar-refractivity contribution in [3.8, 4) is 0 Å². The lowest BCUT2D eigenvalue weighted by molar-refractivity contribution is 0.217. The number of benzene rings is 1. The SMILES string of the molecule is CN1CCCC(c2ccccc2C(C)(C)CO)CC1. The Labute approximate surface area is 117 Å². The van der Waals surface area contributed by atoms with E-state index in [1.165, 1.54) is 43.5 Å². The topological polar surface area (TPSA) is 23.5 Å². The third-order valence-corrected chi connectivity index (χ3v) is 4.48.